The van der Waals surface area contributed by atoms with Crippen molar-refractivity contribution in [1.29, 1.82) is 5.26 Å². The van der Waals surface area contributed by atoms with Gasteiger partial charge in [0, 0.05) is 31.0 Å². The number of rotatable bonds is 2. The predicted octanol–water partition coefficient (Wildman–Crippen LogP) is 2.56. The second kappa shape index (κ2) is 6.72. The number of carbonyl (C=O) groups excluding carboxylic acids is 1. The van der Waals surface area contributed by atoms with Crippen LogP contribution in [0.3, 0.4) is 0 Å². The van der Waals surface area contributed by atoms with E-state index in [-0.39, 0.29) is 12.6 Å². The molecule has 1 aromatic heterocycles. The molecule has 2 aliphatic heterocycles. The van der Waals surface area contributed by atoms with Gasteiger partial charge in [0.05, 0.1) is 18.3 Å². The average molecular weight is 359 g/mol. The molecule has 0 aliphatic carbocycles. The van der Waals surface area contributed by atoms with Crippen molar-refractivity contribution in [3.8, 4) is 6.07 Å². The Labute approximate surface area is 153 Å². The zero-order valence-corrected chi connectivity index (χ0v) is 15.7. The first-order valence-electron chi connectivity index (χ1n) is 8.85. The van der Waals surface area contributed by atoms with Crippen LogP contribution in [0.2, 0.25) is 0 Å². The summed E-state index contributed by atoms with van der Waals surface area (Å²) in [5.41, 5.74) is -0.466. The molecule has 1 atom stereocenters. The Balaban J connectivity index is 1.82. The van der Waals surface area contributed by atoms with Crippen molar-refractivity contribution in [3.63, 3.8) is 0 Å². The van der Waals surface area contributed by atoms with Gasteiger partial charge in [0.2, 0.25) is 5.95 Å². The van der Waals surface area contributed by atoms with Crippen molar-refractivity contribution in [2.24, 2.45) is 0 Å². The zero-order valence-electron chi connectivity index (χ0n) is 15.7. The molecule has 8 heteroatoms. The minimum absolute atomic E-state index is 0.222. The summed E-state index contributed by atoms with van der Waals surface area (Å²) in [7, 11) is 0. The molecular weight excluding hydrogens is 334 g/mol. The van der Waals surface area contributed by atoms with Gasteiger partial charge >= 0.3 is 6.09 Å². The third kappa shape index (κ3) is 3.58. The number of ether oxygens (including phenoxy) is 2. The van der Waals surface area contributed by atoms with Crippen LogP contribution in [0.5, 0.6) is 0 Å². The van der Waals surface area contributed by atoms with E-state index in [9.17, 15) is 10.1 Å². The summed E-state index contributed by atoms with van der Waals surface area (Å²) in [4.78, 5) is 22.9. The van der Waals surface area contributed by atoms with Gasteiger partial charge in [-0.05, 0) is 40.5 Å². The molecule has 1 saturated heterocycles. The fourth-order valence-corrected chi connectivity index (χ4v) is 3.18. The number of nitrogens with one attached hydrogen (secondary N) is 1. The predicted molar refractivity (Wildman–Crippen MR) is 94.2 cm³/mol. The molecular formula is C18H25N5O3. The maximum Gasteiger partial charge on any atom is 0.412 e. The van der Waals surface area contributed by atoms with Crippen molar-refractivity contribution in [2.45, 2.75) is 64.3 Å². The molecule has 1 amide bonds. The van der Waals surface area contributed by atoms with E-state index in [0.29, 0.717) is 17.2 Å². The van der Waals surface area contributed by atoms with Crippen molar-refractivity contribution in [2.75, 3.05) is 18.5 Å². The van der Waals surface area contributed by atoms with Crippen LogP contribution in [0, 0.1) is 11.3 Å². The van der Waals surface area contributed by atoms with Gasteiger partial charge in [-0.2, -0.15) is 5.26 Å². The largest absolute Gasteiger partial charge is 0.444 e. The maximum atomic E-state index is 12.6. The molecule has 3 heterocycles. The van der Waals surface area contributed by atoms with Gasteiger partial charge in [0.1, 0.15) is 5.60 Å². The molecule has 1 N–H and O–H groups in total. The lowest BCUT2D eigenvalue weighted by Crippen LogP contribution is -2.44. The number of nitriles is 1. The van der Waals surface area contributed by atoms with Gasteiger partial charge in [-0.1, -0.05) is 0 Å². The smallest absolute Gasteiger partial charge is 0.412 e. The quantitative estimate of drug-likeness (QED) is 0.866. The molecule has 1 fully saturated rings. The van der Waals surface area contributed by atoms with E-state index in [4.69, 9.17) is 9.47 Å². The first-order chi connectivity index (χ1) is 12.2. The highest BCUT2D eigenvalue weighted by Crippen LogP contribution is 2.38. The summed E-state index contributed by atoms with van der Waals surface area (Å²) in [5.74, 6) is 0.516. The van der Waals surface area contributed by atoms with Crippen LogP contribution in [-0.2, 0) is 21.6 Å². The minimum atomic E-state index is -1.14. The van der Waals surface area contributed by atoms with Gasteiger partial charge in [-0.15, -0.1) is 0 Å². The fourth-order valence-electron chi connectivity index (χ4n) is 3.18. The van der Waals surface area contributed by atoms with Gasteiger partial charge in [-0.3, -0.25) is 4.90 Å². The summed E-state index contributed by atoms with van der Waals surface area (Å²) in [6.45, 7) is 8.76. The van der Waals surface area contributed by atoms with E-state index >= 15 is 0 Å². The summed E-state index contributed by atoms with van der Waals surface area (Å²) in [6.07, 6.45) is 2.91. The summed E-state index contributed by atoms with van der Waals surface area (Å²) in [6, 6.07) is 2.49. The molecule has 1 aromatic rings. The molecule has 1 unspecified atom stereocenters. The van der Waals surface area contributed by atoms with Gasteiger partial charge in [0.15, 0.2) is 5.54 Å². The molecule has 0 saturated carbocycles. The topological polar surface area (TPSA) is 100 Å². The Hall–Kier alpha value is -2.40. The number of aromatic nitrogens is 2. The van der Waals surface area contributed by atoms with Crippen molar-refractivity contribution in [1.82, 2.24) is 14.9 Å². The number of nitrogens with zero attached hydrogens (tertiary/aromatic N) is 4. The molecule has 2 aliphatic rings. The Morgan fingerprint density at radius 2 is 2.15 bits per heavy atom. The first-order valence-corrected chi connectivity index (χ1v) is 8.85. The third-order valence-corrected chi connectivity index (χ3v) is 4.63. The van der Waals surface area contributed by atoms with Gasteiger partial charge in [-0.25, -0.2) is 14.8 Å². The molecule has 3 rings (SSSR count). The first kappa shape index (κ1) is 18.4. The second-order valence-corrected chi connectivity index (χ2v) is 7.84. The monoisotopic (exact) mass is 359 g/mol. The summed E-state index contributed by atoms with van der Waals surface area (Å²) < 4.78 is 10.8. The lowest BCUT2D eigenvalue weighted by atomic mass is 9.97. The molecule has 140 valence electrons. The molecule has 0 aromatic carbocycles. The lowest BCUT2D eigenvalue weighted by Gasteiger charge is -2.31. The van der Waals surface area contributed by atoms with Crippen LogP contribution in [0.1, 0.15) is 51.8 Å². The highest BCUT2D eigenvalue weighted by atomic mass is 16.6. The van der Waals surface area contributed by atoms with E-state index in [1.807, 2.05) is 0 Å². The van der Waals surface area contributed by atoms with Crippen LogP contribution in [0.15, 0.2) is 6.20 Å². The Morgan fingerprint density at radius 3 is 2.77 bits per heavy atom. The van der Waals surface area contributed by atoms with Crippen molar-refractivity contribution < 1.29 is 14.3 Å². The third-order valence-electron chi connectivity index (χ3n) is 4.63. The van der Waals surface area contributed by atoms with Crippen LogP contribution in [-0.4, -0.2) is 45.8 Å². The van der Waals surface area contributed by atoms with Crippen LogP contribution >= 0.6 is 0 Å². The number of anilines is 1. The normalized spacial score (nSPS) is 23.3. The highest BCUT2D eigenvalue weighted by molar-refractivity contribution is 5.72. The Morgan fingerprint density at radius 1 is 1.46 bits per heavy atom. The Kier molecular flexibility index (Phi) is 4.76. The molecule has 0 spiro atoms. The Bertz CT molecular complexity index is 733. The molecule has 26 heavy (non-hydrogen) atoms. The molecule has 0 radical (unpaired) electrons. The van der Waals surface area contributed by atoms with E-state index in [0.717, 1.165) is 26.1 Å². The highest BCUT2D eigenvalue weighted by Gasteiger charge is 2.47. The second-order valence-electron chi connectivity index (χ2n) is 7.84. The van der Waals surface area contributed by atoms with Gasteiger partial charge < -0.3 is 14.8 Å². The number of hydrogen-bond acceptors (Lipinski definition) is 7. The van der Waals surface area contributed by atoms with E-state index in [1.165, 1.54) is 4.90 Å². The number of fused-ring (bicyclic) bond motifs is 1. The van der Waals surface area contributed by atoms with Crippen molar-refractivity contribution in [3.05, 3.63) is 17.5 Å². The number of amides is 1. The fraction of sp³-hybridized carbons (Fsp3) is 0.667. The van der Waals surface area contributed by atoms with Crippen LogP contribution in [0.4, 0.5) is 10.7 Å². The number of carbonyl (C=O) groups is 1. The lowest BCUT2D eigenvalue weighted by molar-refractivity contribution is 0.0106. The van der Waals surface area contributed by atoms with E-state index in [1.54, 1.807) is 33.9 Å². The maximum absolute atomic E-state index is 12.6. The molecule has 0 bridgehead atoms. The number of hydrogen-bond donors (Lipinski definition) is 1. The standard InChI is InChI=1S/C18H25N5O3/c1-17(2,3)26-16(24)23-10-14-13(18(23,4)11-19)9-20-15(22-14)21-12-5-7-25-8-6-12/h9,12H,5-8,10H2,1-4H3,(H,20,21,22). The van der Waals surface area contributed by atoms with Crippen LogP contribution in [0.25, 0.3) is 0 Å². The van der Waals surface area contributed by atoms with E-state index in [2.05, 4.69) is 21.4 Å². The summed E-state index contributed by atoms with van der Waals surface area (Å²) in [5, 5.41) is 13.1. The van der Waals surface area contributed by atoms with E-state index < -0.39 is 17.2 Å². The van der Waals surface area contributed by atoms with Crippen molar-refractivity contribution >= 4 is 12.0 Å². The molecule has 8 nitrogen and oxygen atoms in total. The zero-order chi connectivity index (χ0) is 18.9. The SMILES string of the molecule is CC(C)(C)OC(=O)N1Cc2nc(NC3CCOCC3)ncc2C1(C)C#N. The minimum Gasteiger partial charge on any atom is -0.444 e. The summed E-state index contributed by atoms with van der Waals surface area (Å²) >= 11 is 0. The van der Waals surface area contributed by atoms with Gasteiger partial charge in [0.25, 0.3) is 0 Å². The van der Waals surface area contributed by atoms with Crippen LogP contribution < -0.4 is 5.32 Å². The average Bonchev–Trinajstić information content (AvgIpc) is 2.87.